The van der Waals surface area contributed by atoms with Crippen molar-refractivity contribution >= 4 is 68.2 Å². The summed E-state index contributed by atoms with van der Waals surface area (Å²) in [5, 5.41) is 14.2. The van der Waals surface area contributed by atoms with Gasteiger partial charge in [0.1, 0.15) is 11.5 Å². The first kappa shape index (κ1) is 58.2. The summed E-state index contributed by atoms with van der Waals surface area (Å²) in [6.45, 7) is 5.90. The summed E-state index contributed by atoms with van der Waals surface area (Å²) in [7, 11) is 0. The fourth-order valence-electron chi connectivity index (χ4n) is 13.1. The van der Waals surface area contributed by atoms with Crippen molar-refractivity contribution in [1.82, 2.24) is 29.9 Å². The number of benzene rings is 5. The number of hydrogen-bond donors (Lipinski definition) is 2. The molecule has 6 aliphatic heterocycles. The molecule has 8 nitrogen and oxygen atoms in total. The Hall–Kier alpha value is -8.88. The first-order chi connectivity index (χ1) is 43.5. The number of rotatable bonds is 24. The topological polar surface area (TPSA) is 102 Å². The molecule has 6 aliphatic rings. The van der Waals surface area contributed by atoms with Crippen molar-refractivity contribution < 1.29 is 9.47 Å². The van der Waals surface area contributed by atoms with Crippen LogP contribution in [0.2, 0.25) is 0 Å². The van der Waals surface area contributed by atoms with Crippen LogP contribution in [-0.4, -0.2) is 43.1 Å². The highest BCUT2D eigenvalue weighted by molar-refractivity contribution is 6.02. The van der Waals surface area contributed by atoms with Crippen molar-refractivity contribution in [2.45, 2.75) is 142 Å². The SMILES string of the molecule is CCCCCCCCCCCCOc1ccc2c(c1)=c1c3nc(cc4ccc([nH]4)c(c4nc(cc5ccc1[nH]5)C=C4)=c1cc(OCCCCCCCCCCCC)ccc1=c1ccc(cc1)=c1ccc4ccc5ccc(nc5c4n1)=c1ccc=2cc1)C=C3. The zero-order valence-corrected chi connectivity index (χ0v) is 51.5. The molecule has 88 heavy (non-hydrogen) atoms. The van der Waals surface area contributed by atoms with Crippen LogP contribution in [0.4, 0.5) is 0 Å². The van der Waals surface area contributed by atoms with Crippen LogP contribution in [0.15, 0.2) is 158 Å². The average Bonchev–Trinajstić information content (AvgIpc) is 2.23. The smallest absolute Gasteiger partial charge is 0.119 e. The van der Waals surface area contributed by atoms with Crippen molar-refractivity contribution in [1.29, 1.82) is 0 Å². The highest BCUT2D eigenvalue weighted by atomic mass is 16.5. The van der Waals surface area contributed by atoms with Gasteiger partial charge >= 0.3 is 0 Å². The van der Waals surface area contributed by atoms with Gasteiger partial charge in [-0.05, 0) is 141 Å². The number of H-pyrrole nitrogens is 2. The summed E-state index contributed by atoms with van der Waals surface area (Å²) in [6.07, 6.45) is 34.1. The van der Waals surface area contributed by atoms with E-state index in [1.165, 1.54) is 116 Å². The van der Waals surface area contributed by atoms with Crippen LogP contribution < -0.4 is 9.47 Å². The van der Waals surface area contributed by atoms with Gasteiger partial charge in [0.2, 0.25) is 0 Å². The predicted octanol–water partition coefficient (Wildman–Crippen LogP) is 20.4. The third-order valence-electron chi connectivity index (χ3n) is 18.0. The van der Waals surface area contributed by atoms with Crippen LogP contribution in [0.3, 0.4) is 0 Å². The molecule has 0 saturated carbocycles. The van der Waals surface area contributed by atoms with Crippen molar-refractivity contribution in [2.75, 3.05) is 13.2 Å². The summed E-state index contributed by atoms with van der Waals surface area (Å²) in [4.78, 5) is 29.4. The lowest BCUT2D eigenvalue weighted by molar-refractivity contribution is 0.304. The Labute approximate surface area is 515 Å². The summed E-state index contributed by atoms with van der Waals surface area (Å²) in [5.41, 5.74) is 8.93. The molecule has 16 rings (SSSR count). The lowest BCUT2D eigenvalue weighted by Crippen LogP contribution is -1.98. The predicted molar refractivity (Wildman–Crippen MR) is 362 cm³/mol. The monoisotopic (exact) mass is 1160 g/mol. The van der Waals surface area contributed by atoms with Gasteiger partial charge in [-0.2, -0.15) is 0 Å². The fraction of sp³-hybridized carbons (Fsp3) is 0.300. The van der Waals surface area contributed by atoms with E-state index in [4.69, 9.17) is 29.4 Å². The van der Waals surface area contributed by atoms with Gasteiger partial charge in [0.15, 0.2) is 0 Å². The van der Waals surface area contributed by atoms with E-state index >= 15 is 0 Å². The van der Waals surface area contributed by atoms with Gasteiger partial charge in [-0.3, -0.25) is 0 Å². The molecule has 0 aliphatic carbocycles. The zero-order chi connectivity index (χ0) is 59.4. The number of ether oxygens (including phenoxy) is 2. The summed E-state index contributed by atoms with van der Waals surface area (Å²) in [6, 6.07) is 56.7. The number of nitrogens with zero attached hydrogens (tertiary/aromatic N) is 4. The Morgan fingerprint density at radius 3 is 1.10 bits per heavy atom. The molecule has 444 valence electrons. The second-order valence-corrected chi connectivity index (χ2v) is 24.4. The van der Waals surface area contributed by atoms with Gasteiger partial charge in [0.05, 0.1) is 57.7 Å². The Morgan fingerprint density at radius 1 is 0.318 bits per heavy atom. The quantitative estimate of drug-likeness (QED) is 0.0462. The first-order valence-corrected chi connectivity index (χ1v) is 33.1. The molecule has 2 N–H and O–H groups in total. The lowest BCUT2D eigenvalue weighted by Gasteiger charge is -2.07. The van der Waals surface area contributed by atoms with E-state index in [9.17, 15) is 0 Å². The highest BCUT2D eigenvalue weighted by Crippen LogP contribution is 2.27. The third-order valence-corrected chi connectivity index (χ3v) is 18.0. The van der Waals surface area contributed by atoms with Crippen LogP contribution >= 0.6 is 0 Å². The maximum Gasteiger partial charge on any atom is 0.119 e. The number of hydrogen-bond acceptors (Lipinski definition) is 6. The van der Waals surface area contributed by atoms with Crippen LogP contribution in [0, 0.1) is 62.9 Å². The number of aromatic amines is 2. The molecule has 0 spiro atoms. The summed E-state index contributed by atoms with van der Waals surface area (Å²) in [5.74, 6) is 1.68. The molecule has 5 aromatic heterocycles. The second kappa shape index (κ2) is 27.9. The Bertz CT molecular complexity index is 4710. The average molecular weight is 1160 g/mol. The van der Waals surface area contributed by atoms with Crippen LogP contribution in [0.1, 0.15) is 165 Å². The maximum absolute atomic E-state index is 6.68. The number of nitrogens with one attached hydrogen (secondary N) is 2. The van der Waals surface area contributed by atoms with Crippen molar-refractivity contribution in [3.63, 3.8) is 0 Å². The van der Waals surface area contributed by atoms with Gasteiger partial charge < -0.3 is 19.4 Å². The number of fused-ring (bicyclic) bond motifs is 2. The largest absolute Gasteiger partial charge is 0.494 e. The molecule has 11 heterocycles. The summed E-state index contributed by atoms with van der Waals surface area (Å²) < 4.78 is 13.4. The van der Waals surface area contributed by atoms with E-state index in [0.717, 1.165) is 154 Å². The molecule has 0 atom stereocenters. The van der Waals surface area contributed by atoms with Gasteiger partial charge in [0.25, 0.3) is 0 Å². The molecular formula is C80H82N6O2. The van der Waals surface area contributed by atoms with E-state index in [2.05, 4.69) is 206 Å². The Morgan fingerprint density at radius 2 is 0.693 bits per heavy atom. The van der Waals surface area contributed by atoms with Gasteiger partial charge in [-0.25, -0.2) is 19.9 Å². The molecule has 0 fully saturated rings. The number of unbranched alkanes of at least 4 members (excludes halogenated alkanes) is 18. The van der Waals surface area contributed by atoms with Crippen LogP contribution in [-0.2, 0) is 0 Å². The molecular weight excluding hydrogens is 1080 g/mol. The minimum atomic E-state index is 0.665. The molecule has 18 bridgehead atoms. The molecule has 0 saturated heterocycles. The van der Waals surface area contributed by atoms with E-state index in [1.54, 1.807) is 0 Å². The molecule has 0 amide bonds. The fourth-order valence-corrected chi connectivity index (χ4v) is 13.1. The summed E-state index contributed by atoms with van der Waals surface area (Å²) >= 11 is 0. The number of pyridine rings is 2. The molecule has 5 aromatic carbocycles. The lowest BCUT2D eigenvalue weighted by atomic mass is 10.1. The van der Waals surface area contributed by atoms with E-state index < -0.39 is 0 Å². The van der Waals surface area contributed by atoms with Gasteiger partial charge in [-0.1, -0.05) is 214 Å². The standard InChI is InChI=1S/C80H82N6O2/c1-3-5-7-9-11-13-15-17-19-21-49-87-65-39-41-67-55-23-27-57(28-24-55)71-43-33-59-31-32-60-34-44-72(86-80(60)79(59)85-71)58-29-25-56(26-30-58)68-42-40-66(88-50-22-20-18-16-14-12-10-8-6-4-2)54-70(68)78-75-47-37-63(83-75)51-61-35-45-73(81-61)77(69(67)53-65)74-46-36-62(82-74)52-64-38-48-76(78)84-64/h23-48,51-54,81,84H,3-22,49-50H2,1-2H3. The van der Waals surface area contributed by atoms with E-state index in [1.807, 2.05) is 0 Å². The maximum atomic E-state index is 6.68. The highest BCUT2D eigenvalue weighted by Gasteiger charge is 2.11. The Kier molecular flexibility index (Phi) is 18.4. The van der Waals surface area contributed by atoms with E-state index in [0.29, 0.717) is 13.2 Å². The van der Waals surface area contributed by atoms with Crippen molar-refractivity contribution in [3.8, 4) is 11.5 Å². The van der Waals surface area contributed by atoms with Crippen molar-refractivity contribution in [2.24, 2.45) is 0 Å². The number of aromatic nitrogens is 6. The molecule has 0 unspecified atom stereocenters. The van der Waals surface area contributed by atoms with Crippen LogP contribution in [0.5, 0.6) is 11.5 Å². The third kappa shape index (κ3) is 13.5. The Balaban J connectivity index is 1.03. The first-order valence-electron chi connectivity index (χ1n) is 33.1. The van der Waals surface area contributed by atoms with E-state index in [-0.39, 0.29) is 0 Å². The van der Waals surface area contributed by atoms with Crippen molar-refractivity contribution in [3.05, 3.63) is 243 Å². The molecule has 8 heteroatoms. The van der Waals surface area contributed by atoms with Gasteiger partial charge in [0, 0.05) is 53.7 Å². The minimum Gasteiger partial charge on any atom is -0.494 e. The second-order valence-electron chi connectivity index (χ2n) is 24.4. The normalized spacial score (nSPS) is 12.2. The van der Waals surface area contributed by atoms with Gasteiger partial charge in [-0.15, -0.1) is 0 Å². The molecule has 10 aromatic rings. The van der Waals surface area contributed by atoms with Crippen LogP contribution in [0.25, 0.3) is 68.2 Å². The minimum absolute atomic E-state index is 0.665. The zero-order valence-electron chi connectivity index (χ0n) is 51.5. The molecule has 0 radical (unpaired) electrons.